The monoisotopic (exact) mass is 407 g/mol. The van der Waals surface area contributed by atoms with E-state index in [9.17, 15) is 8.42 Å². The number of nitrogens with zero attached hydrogens (tertiary/aromatic N) is 3. The van der Waals surface area contributed by atoms with Gasteiger partial charge < -0.3 is 4.74 Å². The molecule has 6 nitrogen and oxygen atoms in total. The molecule has 0 N–H and O–H groups in total. The number of aryl methyl sites for hydroxylation is 1. The molecular formula is C16H14BrN3O3S. The fourth-order valence-electron chi connectivity index (χ4n) is 1.97. The zero-order valence-electron chi connectivity index (χ0n) is 12.8. The third-order valence-corrected chi connectivity index (χ3v) is 5.35. The van der Waals surface area contributed by atoms with Crippen LogP contribution in [0.1, 0.15) is 11.3 Å². The van der Waals surface area contributed by atoms with Gasteiger partial charge in [0.15, 0.2) is 0 Å². The lowest BCUT2D eigenvalue weighted by atomic mass is 10.2. The van der Waals surface area contributed by atoms with Crippen molar-refractivity contribution in [2.75, 3.05) is 0 Å². The molecule has 1 heterocycles. The maximum Gasteiger partial charge on any atom is 0.284 e. The van der Waals surface area contributed by atoms with Crippen molar-refractivity contribution in [2.45, 2.75) is 18.4 Å². The molecule has 0 radical (unpaired) electrons. The summed E-state index contributed by atoms with van der Waals surface area (Å²) in [7, 11) is -3.74. The van der Waals surface area contributed by atoms with Gasteiger partial charge in [-0.25, -0.2) is 0 Å². The smallest absolute Gasteiger partial charge is 0.284 e. The van der Waals surface area contributed by atoms with E-state index >= 15 is 0 Å². The summed E-state index contributed by atoms with van der Waals surface area (Å²) in [5.74, 6) is 0.661. The molecule has 0 saturated carbocycles. The minimum absolute atomic E-state index is 0.130. The van der Waals surface area contributed by atoms with Gasteiger partial charge in [0.2, 0.25) is 0 Å². The quantitative estimate of drug-likeness (QED) is 0.649. The molecule has 0 fully saturated rings. The van der Waals surface area contributed by atoms with Gasteiger partial charge in [-0.15, -0.1) is 9.19 Å². The van der Waals surface area contributed by atoms with E-state index in [2.05, 4.69) is 26.2 Å². The first kappa shape index (κ1) is 16.7. The fraction of sp³-hybridized carbons (Fsp3) is 0.125. The molecule has 0 aliphatic heterocycles. The molecule has 24 heavy (non-hydrogen) atoms. The third kappa shape index (κ3) is 3.65. The number of rotatable bonds is 5. The molecular weight excluding hydrogens is 394 g/mol. The molecule has 124 valence electrons. The Balaban J connectivity index is 1.75. The van der Waals surface area contributed by atoms with Gasteiger partial charge in [-0.3, -0.25) is 0 Å². The normalized spacial score (nSPS) is 11.4. The van der Waals surface area contributed by atoms with Gasteiger partial charge >= 0.3 is 0 Å². The maximum atomic E-state index is 12.5. The Morgan fingerprint density at radius 3 is 2.42 bits per heavy atom. The second-order valence-corrected chi connectivity index (χ2v) is 7.85. The molecule has 3 rings (SSSR count). The summed E-state index contributed by atoms with van der Waals surface area (Å²) < 4.78 is 32.3. The van der Waals surface area contributed by atoms with E-state index in [1.165, 1.54) is 6.20 Å². The van der Waals surface area contributed by atoms with Crippen molar-refractivity contribution in [2.24, 2.45) is 0 Å². The van der Waals surface area contributed by atoms with Crippen LogP contribution in [0.25, 0.3) is 0 Å². The number of hydrogen-bond donors (Lipinski definition) is 0. The topological polar surface area (TPSA) is 74.1 Å². The van der Waals surface area contributed by atoms with Crippen LogP contribution in [-0.2, 0) is 16.6 Å². The highest BCUT2D eigenvalue weighted by Crippen LogP contribution is 2.18. The molecule has 0 aliphatic carbocycles. The summed E-state index contributed by atoms with van der Waals surface area (Å²) in [6, 6.07) is 13.9. The van der Waals surface area contributed by atoms with E-state index in [1.807, 2.05) is 19.1 Å². The predicted molar refractivity (Wildman–Crippen MR) is 92.3 cm³/mol. The van der Waals surface area contributed by atoms with Gasteiger partial charge in [-0.05, 0) is 43.3 Å². The zero-order chi connectivity index (χ0) is 17.2. The van der Waals surface area contributed by atoms with Crippen LogP contribution >= 0.6 is 15.9 Å². The van der Waals surface area contributed by atoms with Gasteiger partial charge in [-0.1, -0.05) is 38.8 Å². The summed E-state index contributed by atoms with van der Waals surface area (Å²) >= 11 is 3.35. The molecule has 0 aliphatic rings. The average molecular weight is 408 g/mol. The molecule has 0 atom stereocenters. The first-order chi connectivity index (χ1) is 11.4. The van der Waals surface area contributed by atoms with Crippen LogP contribution < -0.4 is 4.74 Å². The highest BCUT2D eigenvalue weighted by atomic mass is 79.9. The van der Waals surface area contributed by atoms with Crippen LogP contribution in [0.3, 0.4) is 0 Å². The van der Waals surface area contributed by atoms with Crippen LogP contribution in [0.4, 0.5) is 0 Å². The summed E-state index contributed by atoms with van der Waals surface area (Å²) in [6.07, 6.45) is 1.36. The van der Waals surface area contributed by atoms with Crippen molar-refractivity contribution in [3.8, 4) is 5.75 Å². The molecule has 0 bridgehead atoms. The van der Waals surface area contributed by atoms with Crippen LogP contribution in [0, 0.1) is 6.92 Å². The van der Waals surface area contributed by atoms with Crippen molar-refractivity contribution < 1.29 is 13.2 Å². The van der Waals surface area contributed by atoms with Crippen molar-refractivity contribution >= 4 is 26.0 Å². The lowest BCUT2D eigenvalue weighted by molar-refractivity contribution is 0.301. The molecule has 8 heteroatoms. The predicted octanol–water partition coefficient (Wildman–Crippen LogP) is 3.17. The van der Waals surface area contributed by atoms with Crippen molar-refractivity contribution in [3.05, 3.63) is 70.5 Å². The number of aromatic nitrogens is 3. The number of hydrogen-bond acceptors (Lipinski definition) is 5. The Labute approximate surface area is 148 Å². The molecule has 0 spiro atoms. The Bertz CT molecular complexity index is 935. The van der Waals surface area contributed by atoms with Crippen LogP contribution in [-0.4, -0.2) is 22.8 Å². The van der Waals surface area contributed by atoms with E-state index in [0.717, 1.165) is 14.1 Å². The Morgan fingerprint density at radius 2 is 1.75 bits per heavy atom. The summed E-state index contributed by atoms with van der Waals surface area (Å²) in [5, 5.41) is 7.56. The Hall–Kier alpha value is -2.19. The van der Waals surface area contributed by atoms with Crippen molar-refractivity contribution in [1.29, 1.82) is 0 Å². The van der Waals surface area contributed by atoms with Gasteiger partial charge in [0.25, 0.3) is 10.0 Å². The molecule has 3 aromatic rings. The van der Waals surface area contributed by atoms with E-state index in [4.69, 9.17) is 4.74 Å². The first-order valence-corrected chi connectivity index (χ1v) is 9.30. The van der Waals surface area contributed by atoms with Crippen molar-refractivity contribution in [3.63, 3.8) is 0 Å². The van der Waals surface area contributed by atoms with Crippen LogP contribution in [0.15, 0.2) is 64.1 Å². The summed E-state index contributed by atoms with van der Waals surface area (Å²) in [6.45, 7) is 2.02. The van der Waals surface area contributed by atoms with E-state index in [-0.39, 0.29) is 11.5 Å². The molecule has 0 saturated heterocycles. The molecule has 0 unspecified atom stereocenters. The van der Waals surface area contributed by atoms with Gasteiger partial charge in [0.05, 0.1) is 11.1 Å². The van der Waals surface area contributed by atoms with E-state index in [1.54, 1.807) is 36.4 Å². The molecule has 0 amide bonds. The molecule has 2 aromatic carbocycles. The van der Waals surface area contributed by atoms with Crippen LogP contribution in [0.2, 0.25) is 0 Å². The van der Waals surface area contributed by atoms with Crippen molar-refractivity contribution in [1.82, 2.24) is 14.4 Å². The fourth-order valence-corrected chi connectivity index (χ4v) is 3.32. The number of ether oxygens (including phenoxy) is 1. The zero-order valence-corrected chi connectivity index (χ0v) is 15.2. The largest absolute Gasteiger partial charge is 0.487 e. The number of halogens is 1. The maximum absolute atomic E-state index is 12.5. The Morgan fingerprint density at radius 1 is 1.08 bits per heavy atom. The average Bonchev–Trinajstić information content (AvgIpc) is 3.04. The van der Waals surface area contributed by atoms with Gasteiger partial charge in [0.1, 0.15) is 18.1 Å². The number of benzene rings is 2. The second-order valence-electron chi connectivity index (χ2n) is 5.14. The lowest BCUT2D eigenvalue weighted by Crippen LogP contribution is -2.13. The lowest BCUT2D eigenvalue weighted by Gasteiger charge is -2.04. The SMILES string of the molecule is Cc1ccc(S(=O)(=O)n2cc(COc3ccc(Br)cc3)nn2)cc1. The third-order valence-electron chi connectivity index (χ3n) is 3.29. The standard InChI is InChI=1S/C16H14BrN3O3S/c1-12-2-8-16(9-3-12)24(21,22)20-10-14(18-19-20)11-23-15-6-4-13(17)5-7-15/h2-10H,11H2,1H3. The van der Waals surface area contributed by atoms with Gasteiger partial charge in [0, 0.05) is 4.47 Å². The first-order valence-electron chi connectivity index (χ1n) is 7.07. The minimum Gasteiger partial charge on any atom is -0.487 e. The molecule has 1 aromatic heterocycles. The summed E-state index contributed by atoms with van der Waals surface area (Å²) in [5.41, 5.74) is 1.41. The van der Waals surface area contributed by atoms with Crippen LogP contribution in [0.5, 0.6) is 5.75 Å². The second kappa shape index (κ2) is 6.74. The Kier molecular flexibility index (Phi) is 4.68. The van der Waals surface area contributed by atoms with Gasteiger partial charge in [-0.2, -0.15) is 8.42 Å². The minimum atomic E-state index is -3.74. The summed E-state index contributed by atoms with van der Waals surface area (Å²) in [4.78, 5) is 0.165. The van der Waals surface area contributed by atoms with E-state index in [0.29, 0.717) is 11.4 Å². The highest BCUT2D eigenvalue weighted by molar-refractivity contribution is 9.10. The van der Waals surface area contributed by atoms with E-state index < -0.39 is 10.0 Å². The highest BCUT2D eigenvalue weighted by Gasteiger charge is 2.18.